The molecule has 1 aliphatic rings. The van der Waals surface area contributed by atoms with Gasteiger partial charge in [-0.2, -0.15) is 13.2 Å². The summed E-state index contributed by atoms with van der Waals surface area (Å²) < 4.78 is 45.6. The van der Waals surface area contributed by atoms with Crippen molar-refractivity contribution in [2.75, 3.05) is 13.1 Å². The van der Waals surface area contributed by atoms with Crippen LogP contribution in [0.1, 0.15) is 34.1 Å². The molecule has 0 unspecified atom stereocenters. The highest BCUT2D eigenvalue weighted by molar-refractivity contribution is 5.86. The molecular weight excluding hydrogens is 313 g/mol. The Morgan fingerprint density at radius 3 is 2.35 bits per heavy atom. The van der Waals surface area contributed by atoms with E-state index in [1.54, 1.807) is 20.8 Å². The highest BCUT2D eigenvalue weighted by atomic mass is 19.4. The zero-order valence-corrected chi connectivity index (χ0v) is 13.6. The summed E-state index contributed by atoms with van der Waals surface area (Å²) in [7, 11) is 0. The molecule has 1 saturated heterocycles. The van der Waals surface area contributed by atoms with Crippen molar-refractivity contribution >= 4 is 12.0 Å². The van der Waals surface area contributed by atoms with E-state index in [4.69, 9.17) is 11.2 Å². The van der Waals surface area contributed by atoms with Gasteiger partial charge in [-0.3, -0.25) is 4.79 Å². The third kappa shape index (κ3) is 4.30. The molecule has 0 aromatic rings. The number of nitrogens with zero attached hydrogens (tertiary/aromatic N) is 1. The lowest BCUT2D eigenvalue weighted by Gasteiger charge is -2.31. The second kappa shape index (κ2) is 6.30. The van der Waals surface area contributed by atoms with Crippen LogP contribution in [0.4, 0.5) is 18.0 Å². The molecular formula is C15H21F3N2O3. The van der Waals surface area contributed by atoms with Crippen molar-refractivity contribution in [3.8, 4) is 12.3 Å². The Labute approximate surface area is 133 Å². The molecule has 2 amide bonds. The van der Waals surface area contributed by atoms with Crippen LogP contribution in [0.3, 0.4) is 0 Å². The number of hydrogen-bond donors (Lipinski definition) is 1. The average Bonchev–Trinajstić information content (AvgIpc) is 2.82. The fourth-order valence-electron chi connectivity index (χ4n) is 2.21. The first-order chi connectivity index (χ1) is 10.3. The number of ether oxygens (including phenoxy) is 1. The van der Waals surface area contributed by atoms with E-state index in [0.717, 1.165) is 4.90 Å². The molecule has 1 heterocycles. The van der Waals surface area contributed by atoms with E-state index < -0.39 is 48.2 Å². The summed E-state index contributed by atoms with van der Waals surface area (Å²) in [6, 6.07) is -0.836. The fraction of sp³-hybridized carbons (Fsp3) is 0.733. The van der Waals surface area contributed by atoms with Crippen molar-refractivity contribution in [1.29, 1.82) is 0 Å². The lowest BCUT2D eigenvalue weighted by atomic mass is 9.85. The number of carbonyl (C=O) groups is 2. The maximum absolute atomic E-state index is 13.5. The highest BCUT2D eigenvalue weighted by Crippen LogP contribution is 2.46. The lowest BCUT2D eigenvalue weighted by Crippen LogP contribution is -2.54. The SMILES string of the molecule is C#C[C@H](C)NC(=O)[C@@]1(C(F)(F)F)CCN(C(=O)OC(C)(C)C)C1. The van der Waals surface area contributed by atoms with Crippen LogP contribution in [-0.4, -0.2) is 47.8 Å². The normalized spacial score (nSPS) is 23.1. The second-order valence-electron chi connectivity index (χ2n) is 6.59. The number of rotatable bonds is 2. The van der Waals surface area contributed by atoms with Crippen LogP contribution in [0.5, 0.6) is 0 Å². The Balaban J connectivity index is 2.98. The first-order valence-electron chi connectivity index (χ1n) is 7.14. The van der Waals surface area contributed by atoms with Gasteiger partial charge in [0.1, 0.15) is 5.60 Å². The Bertz CT molecular complexity index is 520. The van der Waals surface area contributed by atoms with Gasteiger partial charge in [-0.1, -0.05) is 5.92 Å². The molecule has 0 radical (unpaired) electrons. The monoisotopic (exact) mass is 334 g/mol. The van der Waals surface area contributed by atoms with E-state index in [1.165, 1.54) is 6.92 Å². The van der Waals surface area contributed by atoms with E-state index in [-0.39, 0.29) is 6.54 Å². The number of terminal acetylenes is 1. The van der Waals surface area contributed by atoms with Crippen LogP contribution in [-0.2, 0) is 9.53 Å². The van der Waals surface area contributed by atoms with Gasteiger partial charge in [0.15, 0.2) is 5.41 Å². The third-order valence-corrected chi connectivity index (χ3v) is 3.50. The van der Waals surface area contributed by atoms with E-state index in [1.807, 2.05) is 0 Å². The van der Waals surface area contributed by atoms with Gasteiger partial charge in [-0.05, 0) is 34.1 Å². The van der Waals surface area contributed by atoms with Crippen molar-refractivity contribution in [3.63, 3.8) is 0 Å². The van der Waals surface area contributed by atoms with Crippen molar-refractivity contribution < 1.29 is 27.5 Å². The second-order valence-corrected chi connectivity index (χ2v) is 6.59. The first kappa shape index (κ1) is 19.1. The molecule has 0 bridgehead atoms. The molecule has 23 heavy (non-hydrogen) atoms. The van der Waals surface area contributed by atoms with Crippen LogP contribution < -0.4 is 5.32 Å². The average molecular weight is 334 g/mol. The van der Waals surface area contributed by atoms with Crippen molar-refractivity contribution in [3.05, 3.63) is 0 Å². The first-order valence-corrected chi connectivity index (χ1v) is 7.14. The number of halogens is 3. The summed E-state index contributed by atoms with van der Waals surface area (Å²) in [5.41, 5.74) is -3.50. The molecule has 8 heteroatoms. The molecule has 0 aromatic heterocycles. The molecule has 0 aliphatic carbocycles. The van der Waals surface area contributed by atoms with Crippen LogP contribution in [0.25, 0.3) is 0 Å². The molecule has 2 atom stereocenters. The van der Waals surface area contributed by atoms with Gasteiger partial charge in [0.25, 0.3) is 0 Å². The topological polar surface area (TPSA) is 58.6 Å². The minimum Gasteiger partial charge on any atom is -0.444 e. The molecule has 0 saturated carbocycles. The highest BCUT2D eigenvalue weighted by Gasteiger charge is 2.64. The molecule has 5 nitrogen and oxygen atoms in total. The summed E-state index contributed by atoms with van der Waals surface area (Å²) in [4.78, 5) is 25.0. The zero-order chi connectivity index (χ0) is 18.1. The van der Waals surface area contributed by atoms with Gasteiger partial charge in [0.2, 0.25) is 5.91 Å². The summed E-state index contributed by atoms with van der Waals surface area (Å²) in [5.74, 6) is 0.928. The third-order valence-electron chi connectivity index (χ3n) is 3.50. The fourth-order valence-corrected chi connectivity index (χ4v) is 2.21. The minimum atomic E-state index is -4.80. The van der Waals surface area contributed by atoms with Crippen LogP contribution in [0.15, 0.2) is 0 Å². The molecule has 1 fully saturated rings. The minimum absolute atomic E-state index is 0.216. The number of alkyl halides is 3. The summed E-state index contributed by atoms with van der Waals surface area (Å²) in [6.07, 6.45) is -1.12. The standard InChI is InChI=1S/C15H21F3N2O3/c1-6-10(2)19-11(21)14(15(16,17)18)7-8-20(9-14)12(22)23-13(3,4)5/h1,10H,7-9H2,2-5H3,(H,19,21)/t10-,14+/m0/s1. The summed E-state index contributed by atoms with van der Waals surface area (Å²) in [6.45, 7) is 5.24. The largest absolute Gasteiger partial charge is 0.444 e. The van der Waals surface area contributed by atoms with Gasteiger partial charge in [-0.25, -0.2) is 4.79 Å². The zero-order valence-electron chi connectivity index (χ0n) is 13.6. The Kier molecular flexibility index (Phi) is 5.24. The van der Waals surface area contributed by atoms with E-state index in [0.29, 0.717) is 0 Å². The predicted molar refractivity (Wildman–Crippen MR) is 77.3 cm³/mol. The van der Waals surface area contributed by atoms with Crippen LogP contribution in [0.2, 0.25) is 0 Å². The smallest absolute Gasteiger partial charge is 0.410 e. The van der Waals surface area contributed by atoms with Crippen LogP contribution in [0, 0.1) is 17.8 Å². The Morgan fingerprint density at radius 1 is 1.35 bits per heavy atom. The quantitative estimate of drug-likeness (QED) is 0.789. The van der Waals surface area contributed by atoms with Gasteiger partial charge in [0, 0.05) is 13.1 Å². The maximum Gasteiger partial charge on any atom is 0.410 e. The number of amides is 2. The Hall–Kier alpha value is -1.91. The predicted octanol–water partition coefficient (Wildman–Crippen LogP) is 2.31. The number of nitrogens with one attached hydrogen (secondary N) is 1. The van der Waals surface area contributed by atoms with E-state index >= 15 is 0 Å². The number of likely N-dealkylation sites (tertiary alicyclic amines) is 1. The molecule has 1 N–H and O–H groups in total. The summed E-state index contributed by atoms with van der Waals surface area (Å²) in [5, 5.41) is 2.15. The van der Waals surface area contributed by atoms with Crippen molar-refractivity contribution in [2.24, 2.45) is 5.41 Å². The van der Waals surface area contributed by atoms with E-state index in [9.17, 15) is 22.8 Å². The number of hydrogen-bond acceptors (Lipinski definition) is 3. The van der Waals surface area contributed by atoms with Gasteiger partial charge in [-0.15, -0.1) is 6.42 Å². The van der Waals surface area contributed by atoms with E-state index in [2.05, 4.69) is 11.2 Å². The van der Waals surface area contributed by atoms with Crippen molar-refractivity contribution in [1.82, 2.24) is 10.2 Å². The lowest BCUT2D eigenvalue weighted by molar-refractivity contribution is -0.217. The number of carbonyl (C=O) groups excluding carboxylic acids is 2. The Morgan fingerprint density at radius 2 is 1.91 bits per heavy atom. The van der Waals surface area contributed by atoms with Gasteiger partial charge >= 0.3 is 12.3 Å². The van der Waals surface area contributed by atoms with Crippen molar-refractivity contribution in [2.45, 2.75) is 51.9 Å². The molecule has 0 spiro atoms. The molecule has 130 valence electrons. The van der Waals surface area contributed by atoms with Crippen LogP contribution >= 0.6 is 0 Å². The molecule has 1 aliphatic heterocycles. The summed E-state index contributed by atoms with van der Waals surface area (Å²) >= 11 is 0. The molecule has 1 rings (SSSR count). The molecule has 0 aromatic carbocycles. The maximum atomic E-state index is 13.5. The van der Waals surface area contributed by atoms with Gasteiger partial charge in [0.05, 0.1) is 6.04 Å². The van der Waals surface area contributed by atoms with Gasteiger partial charge < -0.3 is 15.0 Å².